The number of sulfonamides is 1. The Balaban J connectivity index is 1.39. The molecule has 53 heavy (non-hydrogen) atoms. The minimum absolute atomic E-state index is 0.0445. The van der Waals surface area contributed by atoms with Crippen LogP contribution in [0.3, 0.4) is 0 Å². The highest BCUT2D eigenvalue weighted by Gasteiger charge is 2.62. The first-order valence-electron chi connectivity index (χ1n) is 17.4. The van der Waals surface area contributed by atoms with Gasteiger partial charge < -0.3 is 25.0 Å². The minimum atomic E-state index is -3.97. The van der Waals surface area contributed by atoms with Gasteiger partial charge in [0.15, 0.2) is 0 Å². The molecular weight excluding hydrogens is 713 g/mol. The third-order valence-corrected chi connectivity index (χ3v) is 11.3. The predicted molar refractivity (Wildman–Crippen MR) is 186 cm³/mol. The topological polar surface area (TPSA) is 198 Å². The summed E-state index contributed by atoms with van der Waals surface area (Å²) in [6, 6.07) is 1.73. The molecule has 1 aromatic rings. The summed E-state index contributed by atoms with van der Waals surface area (Å²) in [5.74, 6) is 0.666. The van der Waals surface area contributed by atoms with Gasteiger partial charge >= 0.3 is 12.2 Å². The molecule has 5 amide bonds. The number of nitrogens with zero attached hydrogens (tertiary/aromatic N) is 2. The Morgan fingerprint density at radius 1 is 1.15 bits per heavy atom. The third-order valence-electron chi connectivity index (χ3n) is 9.46. The average Bonchev–Trinajstić information content (AvgIpc) is 3.96. The Bertz CT molecular complexity index is 1880. The number of carbonyl (C=O) groups is 6. The fourth-order valence-electron chi connectivity index (χ4n) is 6.51. The van der Waals surface area contributed by atoms with Crippen LogP contribution in [0.4, 0.5) is 14.0 Å². The lowest BCUT2D eigenvalue weighted by molar-refractivity contribution is -0.141. The predicted octanol–water partition coefficient (Wildman–Crippen LogP) is 2.18. The molecule has 15 nitrogen and oxygen atoms in total. The van der Waals surface area contributed by atoms with Gasteiger partial charge in [-0.1, -0.05) is 24.1 Å². The number of hydrogen-bond donors (Lipinski definition) is 3. The maximum atomic E-state index is 14.4. The van der Waals surface area contributed by atoms with Gasteiger partial charge in [0, 0.05) is 30.9 Å². The van der Waals surface area contributed by atoms with Gasteiger partial charge in [-0.3, -0.25) is 28.8 Å². The maximum Gasteiger partial charge on any atom is 0.410 e. The molecule has 5 rings (SSSR count). The Labute approximate surface area is 307 Å². The first kappa shape index (κ1) is 39.2. The zero-order chi connectivity index (χ0) is 38.9. The second-order valence-electron chi connectivity index (χ2n) is 14.7. The lowest BCUT2D eigenvalue weighted by Crippen LogP contribution is -2.58. The van der Waals surface area contributed by atoms with Gasteiger partial charge in [-0.25, -0.2) is 22.4 Å². The summed E-state index contributed by atoms with van der Waals surface area (Å²) in [6.45, 7) is 9.72. The molecular formula is C36H44FN5O10S. The molecule has 2 aliphatic carbocycles. The van der Waals surface area contributed by atoms with E-state index >= 15 is 0 Å². The van der Waals surface area contributed by atoms with Crippen LogP contribution >= 0.6 is 0 Å². The minimum Gasteiger partial charge on any atom is -0.444 e. The summed E-state index contributed by atoms with van der Waals surface area (Å²) in [6.07, 6.45) is -1.28. The molecule has 1 aromatic carbocycles. The fraction of sp³-hybridized carbons (Fsp3) is 0.556. The Morgan fingerprint density at radius 3 is 2.47 bits per heavy atom. The van der Waals surface area contributed by atoms with E-state index in [0.717, 1.165) is 4.90 Å². The van der Waals surface area contributed by atoms with E-state index in [0.29, 0.717) is 24.0 Å². The molecule has 4 aliphatic rings. The van der Waals surface area contributed by atoms with Gasteiger partial charge in [0.1, 0.15) is 35.1 Å². The van der Waals surface area contributed by atoms with E-state index in [-0.39, 0.29) is 45.3 Å². The number of ether oxygens (including phenoxy) is 2. The van der Waals surface area contributed by atoms with Gasteiger partial charge in [0.25, 0.3) is 5.91 Å². The number of carbonyl (C=O) groups excluding carboxylic acids is 6. The van der Waals surface area contributed by atoms with Gasteiger partial charge in [0.05, 0.1) is 18.3 Å². The normalized spacial score (nSPS) is 23.8. The standard InChI is InChI=1S/C36H44FN5O10S/c1-6-9-23(43)12-15-28(38-33(47)52-35(3,4)5)31(45)42-19-24(51-34(48)41-18-21-10-8-11-27(37)26(21)20-41)16-29(42)30(44)39-36(17-22(36)7-2)32(46)40-53(49,50)25-13-14-25/h7-8,10-11,22,24-25,28-29H,2,12-20H2,1,3-5H3,(H,38,47)(H,39,44)(H,40,46)/t22?,24-,28+,29+,36?/m1/s1. The Hall–Kier alpha value is -4.98. The number of amides is 5. The van der Waals surface area contributed by atoms with E-state index in [4.69, 9.17) is 9.47 Å². The molecule has 5 atom stereocenters. The van der Waals surface area contributed by atoms with Crippen molar-refractivity contribution in [2.75, 3.05) is 6.54 Å². The number of likely N-dealkylation sites (tertiary alicyclic amines) is 1. The molecule has 3 N–H and O–H groups in total. The van der Waals surface area contributed by atoms with Crippen molar-refractivity contribution < 1.29 is 51.0 Å². The van der Waals surface area contributed by atoms with Crippen molar-refractivity contribution in [3.8, 4) is 11.8 Å². The molecule has 2 heterocycles. The maximum absolute atomic E-state index is 14.4. The smallest absolute Gasteiger partial charge is 0.410 e. The lowest BCUT2D eigenvalue weighted by Gasteiger charge is -2.30. The van der Waals surface area contributed by atoms with E-state index in [2.05, 4.69) is 33.8 Å². The van der Waals surface area contributed by atoms with Crippen molar-refractivity contribution in [1.82, 2.24) is 25.2 Å². The van der Waals surface area contributed by atoms with Crippen molar-refractivity contribution in [3.05, 3.63) is 47.8 Å². The molecule has 1 saturated heterocycles. The molecule has 2 aliphatic heterocycles. The Kier molecular flexibility index (Phi) is 11.2. The Morgan fingerprint density at radius 2 is 1.87 bits per heavy atom. The van der Waals surface area contributed by atoms with Crippen LogP contribution in [0.2, 0.25) is 0 Å². The number of rotatable bonds is 12. The molecule has 2 saturated carbocycles. The number of fused-ring (bicyclic) bond motifs is 1. The zero-order valence-corrected chi connectivity index (χ0v) is 30.8. The first-order valence-corrected chi connectivity index (χ1v) is 18.9. The van der Waals surface area contributed by atoms with Crippen molar-refractivity contribution in [2.24, 2.45) is 5.92 Å². The van der Waals surface area contributed by atoms with E-state index in [9.17, 15) is 41.6 Å². The highest BCUT2D eigenvalue weighted by Crippen LogP contribution is 2.45. The SMILES string of the molecule is C=CC1CC1(NC(=O)[C@@H]1C[C@@H](OC(=O)N2Cc3cccc(F)c3C2)CN1C(=O)[C@H](CCC(=O)C#CC)NC(=O)OC(C)(C)C)C(=O)NS(=O)(=O)C1CC1. The van der Waals surface area contributed by atoms with Crippen LogP contribution in [0.1, 0.15) is 77.3 Å². The van der Waals surface area contributed by atoms with E-state index < -0.39 is 92.0 Å². The summed E-state index contributed by atoms with van der Waals surface area (Å²) in [5.41, 5.74) is -1.66. The van der Waals surface area contributed by atoms with Crippen LogP contribution in [0.15, 0.2) is 30.9 Å². The van der Waals surface area contributed by atoms with Crippen molar-refractivity contribution in [2.45, 2.75) is 114 Å². The molecule has 0 aromatic heterocycles. The second kappa shape index (κ2) is 15.2. The van der Waals surface area contributed by atoms with Gasteiger partial charge in [-0.15, -0.1) is 6.58 Å². The molecule has 17 heteroatoms. The van der Waals surface area contributed by atoms with Crippen molar-refractivity contribution in [1.29, 1.82) is 0 Å². The van der Waals surface area contributed by atoms with Gasteiger partial charge in [-0.2, -0.15) is 0 Å². The monoisotopic (exact) mass is 757 g/mol. The van der Waals surface area contributed by atoms with Crippen molar-refractivity contribution in [3.63, 3.8) is 0 Å². The number of halogens is 1. The van der Waals surface area contributed by atoms with Crippen LogP contribution in [0, 0.1) is 23.6 Å². The molecule has 0 spiro atoms. The van der Waals surface area contributed by atoms with Crippen LogP contribution in [0.5, 0.6) is 0 Å². The number of Topliss-reactive ketones (excluding diaryl/α,β-unsaturated/α-hetero) is 1. The number of alkyl carbamates (subject to hydrolysis) is 1. The highest BCUT2D eigenvalue weighted by atomic mass is 32.2. The molecule has 3 fully saturated rings. The van der Waals surface area contributed by atoms with E-state index in [1.807, 2.05) is 0 Å². The molecule has 0 bridgehead atoms. The lowest BCUT2D eigenvalue weighted by atomic mass is 10.1. The van der Waals surface area contributed by atoms with Crippen LogP contribution in [-0.2, 0) is 51.8 Å². The highest BCUT2D eigenvalue weighted by molar-refractivity contribution is 7.91. The summed E-state index contributed by atoms with van der Waals surface area (Å²) in [5, 5.41) is 4.42. The van der Waals surface area contributed by atoms with Crippen LogP contribution in [-0.4, -0.2) is 95.0 Å². The summed E-state index contributed by atoms with van der Waals surface area (Å²) in [4.78, 5) is 82.6. The number of ketones is 1. The van der Waals surface area contributed by atoms with E-state index in [1.165, 1.54) is 30.0 Å². The second-order valence-corrected chi connectivity index (χ2v) is 16.7. The summed E-state index contributed by atoms with van der Waals surface area (Å²) >= 11 is 0. The third kappa shape index (κ3) is 9.16. The first-order chi connectivity index (χ1) is 24.9. The largest absolute Gasteiger partial charge is 0.444 e. The fourth-order valence-corrected chi connectivity index (χ4v) is 7.87. The van der Waals surface area contributed by atoms with Gasteiger partial charge in [-0.05, 0) is 70.9 Å². The van der Waals surface area contributed by atoms with Crippen molar-refractivity contribution >= 4 is 45.7 Å². The zero-order valence-electron chi connectivity index (χ0n) is 30.0. The number of nitrogens with one attached hydrogen (secondary N) is 3. The molecule has 286 valence electrons. The summed E-state index contributed by atoms with van der Waals surface area (Å²) < 4.78 is 52.8. The molecule has 2 unspecified atom stereocenters. The summed E-state index contributed by atoms with van der Waals surface area (Å²) in [7, 11) is -3.97. The van der Waals surface area contributed by atoms with Crippen LogP contribution in [0.25, 0.3) is 0 Å². The quantitative estimate of drug-likeness (QED) is 0.162. The van der Waals surface area contributed by atoms with Gasteiger partial charge in [0.2, 0.25) is 27.6 Å². The van der Waals surface area contributed by atoms with E-state index in [1.54, 1.807) is 26.8 Å². The number of hydrogen-bond acceptors (Lipinski definition) is 10. The molecule has 0 radical (unpaired) electrons. The van der Waals surface area contributed by atoms with Crippen LogP contribution < -0.4 is 15.4 Å². The average molecular weight is 758 g/mol. The number of benzene rings is 1.